The van der Waals surface area contributed by atoms with Crippen LogP contribution in [0.3, 0.4) is 0 Å². The lowest BCUT2D eigenvalue weighted by Gasteiger charge is -2.31. The first-order chi connectivity index (χ1) is 13.3. The Labute approximate surface area is 163 Å². The third-order valence-electron chi connectivity index (χ3n) is 4.76. The van der Waals surface area contributed by atoms with E-state index < -0.39 is 4.92 Å². The van der Waals surface area contributed by atoms with Crippen LogP contribution in [0.1, 0.15) is 31.4 Å². The summed E-state index contributed by atoms with van der Waals surface area (Å²) in [6.45, 7) is 4.45. The number of nitro groups is 1. The van der Waals surface area contributed by atoms with Crippen LogP contribution in [0.5, 0.6) is 0 Å². The number of amides is 2. The van der Waals surface area contributed by atoms with Crippen molar-refractivity contribution in [2.24, 2.45) is 5.92 Å². The predicted molar refractivity (Wildman–Crippen MR) is 107 cm³/mol. The zero-order valence-electron chi connectivity index (χ0n) is 16.0. The van der Waals surface area contributed by atoms with Crippen molar-refractivity contribution < 1.29 is 14.5 Å². The number of carbonyl (C=O) groups is 2. The largest absolute Gasteiger partial charge is 0.326 e. The van der Waals surface area contributed by atoms with Crippen LogP contribution >= 0.6 is 0 Å². The van der Waals surface area contributed by atoms with Crippen LogP contribution in [-0.4, -0.2) is 23.3 Å². The summed E-state index contributed by atoms with van der Waals surface area (Å²) in [5.74, 6) is -0.229. The number of nitro benzene ring substituents is 1. The van der Waals surface area contributed by atoms with Gasteiger partial charge in [-0.05, 0) is 36.1 Å². The van der Waals surface area contributed by atoms with E-state index in [1.807, 2.05) is 32.0 Å². The smallest absolute Gasteiger partial charge is 0.269 e. The number of nitrogens with zero attached hydrogens (tertiary/aromatic N) is 2. The molecule has 7 nitrogen and oxygen atoms in total. The standard InChI is InChI=1S/C21H23N3O4/c1-14(2)21(26)23-11-3-4-16-7-8-17(13-19(16)23)22-20(25)12-15-5-9-18(10-6-15)24(27)28/h5-10,13-14H,3-4,11-12H2,1-2H3,(H,22,25). The molecule has 0 fully saturated rings. The van der Waals surface area contributed by atoms with Gasteiger partial charge in [0.2, 0.25) is 11.8 Å². The molecule has 0 bridgehead atoms. The van der Waals surface area contributed by atoms with E-state index in [0.717, 1.165) is 24.1 Å². The van der Waals surface area contributed by atoms with E-state index >= 15 is 0 Å². The Balaban J connectivity index is 1.72. The fourth-order valence-corrected chi connectivity index (χ4v) is 3.32. The normalized spacial score (nSPS) is 13.2. The highest BCUT2D eigenvalue weighted by Gasteiger charge is 2.24. The molecule has 2 aromatic rings. The van der Waals surface area contributed by atoms with Crippen molar-refractivity contribution in [2.75, 3.05) is 16.8 Å². The molecule has 7 heteroatoms. The molecule has 2 amide bonds. The summed E-state index contributed by atoms with van der Waals surface area (Å²) in [5.41, 5.74) is 3.28. The summed E-state index contributed by atoms with van der Waals surface area (Å²) in [6.07, 6.45) is 1.95. The van der Waals surface area contributed by atoms with Gasteiger partial charge in [-0.1, -0.05) is 32.0 Å². The molecule has 28 heavy (non-hydrogen) atoms. The monoisotopic (exact) mass is 381 g/mol. The molecule has 0 aliphatic carbocycles. The number of benzene rings is 2. The minimum atomic E-state index is -0.471. The lowest BCUT2D eigenvalue weighted by Crippen LogP contribution is -2.38. The SMILES string of the molecule is CC(C)C(=O)N1CCCc2ccc(NC(=O)Cc3ccc([N+](=O)[O-])cc3)cc21. The number of carbonyl (C=O) groups excluding carboxylic acids is 2. The summed E-state index contributed by atoms with van der Waals surface area (Å²) in [7, 11) is 0. The first-order valence-corrected chi connectivity index (χ1v) is 9.32. The van der Waals surface area contributed by atoms with Gasteiger partial charge in [0, 0.05) is 36.0 Å². The molecule has 1 heterocycles. The van der Waals surface area contributed by atoms with E-state index in [0.29, 0.717) is 17.8 Å². The van der Waals surface area contributed by atoms with E-state index in [4.69, 9.17) is 0 Å². The molecule has 0 unspecified atom stereocenters. The molecular weight excluding hydrogens is 358 g/mol. The van der Waals surface area contributed by atoms with Crippen LogP contribution in [0.25, 0.3) is 0 Å². The van der Waals surface area contributed by atoms with Gasteiger partial charge in [-0.25, -0.2) is 0 Å². The second-order valence-corrected chi connectivity index (χ2v) is 7.24. The Hall–Kier alpha value is -3.22. The maximum Gasteiger partial charge on any atom is 0.269 e. The molecule has 0 aromatic heterocycles. The van der Waals surface area contributed by atoms with Gasteiger partial charge in [-0.15, -0.1) is 0 Å². The Kier molecular flexibility index (Phi) is 5.73. The van der Waals surface area contributed by atoms with E-state index in [-0.39, 0.29) is 29.8 Å². The number of aryl methyl sites for hydroxylation is 1. The van der Waals surface area contributed by atoms with Crippen molar-refractivity contribution in [1.29, 1.82) is 0 Å². The molecule has 1 aliphatic heterocycles. The lowest BCUT2D eigenvalue weighted by molar-refractivity contribution is -0.384. The van der Waals surface area contributed by atoms with E-state index in [2.05, 4.69) is 5.32 Å². The first kappa shape index (κ1) is 19.5. The second-order valence-electron chi connectivity index (χ2n) is 7.24. The van der Waals surface area contributed by atoms with Crippen molar-refractivity contribution >= 4 is 28.9 Å². The average molecular weight is 381 g/mol. The minimum Gasteiger partial charge on any atom is -0.326 e. The van der Waals surface area contributed by atoms with Crippen LogP contribution < -0.4 is 10.2 Å². The number of hydrogen-bond donors (Lipinski definition) is 1. The molecule has 2 aromatic carbocycles. The highest BCUT2D eigenvalue weighted by atomic mass is 16.6. The summed E-state index contributed by atoms with van der Waals surface area (Å²) in [6, 6.07) is 11.6. The molecule has 0 radical (unpaired) electrons. The molecular formula is C21H23N3O4. The van der Waals surface area contributed by atoms with Crippen molar-refractivity contribution in [3.63, 3.8) is 0 Å². The van der Waals surface area contributed by atoms with Crippen molar-refractivity contribution in [3.8, 4) is 0 Å². The Morgan fingerprint density at radius 1 is 1.18 bits per heavy atom. The van der Waals surface area contributed by atoms with Gasteiger partial charge in [-0.3, -0.25) is 19.7 Å². The maximum atomic E-state index is 12.5. The van der Waals surface area contributed by atoms with E-state index in [1.165, 1.54) is 12.1 Å². The van der Waals surface area contributed by atoms with Crippen molar-refractivity contribution in [2.45, 2.75) is 33.1 Å². The number of nitrogens with one attached hydrogen (secondary N) is 1. The highest BCUT2D eigenvalue weighted by Crippen LogP contribution is 2.31. The molecule has 1 N–H and O–H groups in total. The van der Waals surface area contributed by atoms with Crippen LogP contribution in [-0.2, 0) is 22.4 Å². The molecule has 146 valence electrons. The van der Waals surface area contributed by atoms with Crippen molar-refractivity contribution in [3.05, 3.63) is 63.7 Å². The molecule has 0 saturated carbocycles. The maximum absolute atomic E-state index is 12.5. The third-order valence-corrected chi connectivity index (χ3v) is 4.76. The number of rotatable bonds is 5. The Bertz CT molecular complexity index is 906. The average Bonchev–Trinajstić information content (AvgIpc) is 2.67. The van der Waals surface area contributed by atoms with Gasteiger partial charge < -0.3 is 10.2 Å². The molecule has 0 spiro atoms. The first-order valence-electron chi connectivity index (χ1n) is 9.32. The van der Waals surface area contributed by atoms with E-state index in [9.17, 15) is 19.7 Å². The van der Waals surface area contributed by atoms with Gasteiger partial charge in [-0.2, -0.15) is 0 Å². The number of non-ortho nitro benzene ring substituents is 1. The van der Waals surface area contributed by atoms with Gasteiger partial charge in [0.05, 0.1) is 11.3 Å². The second kappa shape index (κ2) is 8.21. The van der Waals surface area contributed by atoms with Crippen LogP contribution in [0.4, 0.5) is 17.1 Å². The van der Waals surface area contributed by atoms with Gasteiger partial charge in [0.25, 0.3) is 5.69 Å². The Morgan fingerprint density at radius 3 is 2.54 bits per heavy atom. The molecule has 3 rings (SSSR count). The molecule has 0 saturated heterocycles. The third kappa shape index (κ3) is 4.36. The van der Waals surface area contributed by atoms with E-state index in [1.54, 1.807) is 17.0 Å². The van der Waals surface area contributed by atoms with Gasteiger partial charge in [0.1, 0.15) is 0 Å². The van der Waals surface area contributed by atoms with Gasteiger partial charge >= 0.3 is 0 Å². The number of hydrogen-bond acceptors (Lipinski definition) is 4. The summed E-state index contributed by atoms with van der Waals surface area (Å²) < 4.78 is 0. The highest BCUT2D eigenvalue weighted by molar-refractivity contribution is 5.98. The Morgan fingerprint density at radius 2 is 1.89 bits per heavy atom. The summed E-state index contributed by atoms with van der Waals surface area (Å²) in [4.78, 5) is 36.9. The minimum absolute atomic E-state index is 0.00578. The van der Waals surface area contributed by atoms with Crippen molar-refractivity contribution in [1.82, 2.24) is 0 Å². The van der Waals surface area contributed by atoms with Crippen LogP contribution in [0.2, 0.25) is 0 Å². The molecule has 1 aliphatic rings. The van der Waals surface area contributed by atoms with Crippen LogP contribution in [0.15, 0.2) is 42.5 Å². The molecule has 0 atom stereocenters. The lowest BCUT2D eigenvalue weighted by atomic mass is 9.99. The van der Waals surface area contributed by atoms with Crippen LogP contribution in [0, 0.1) is 16.0 Å². The zero-order valence-corrected chi connectivity index (χ0v) is 16.0. The fraction of sp³-hybridized carbons (Fsp3) is 0.333. The zero-order chi connectivity index (χ0) is 20.3. The fourth-order valence-electron chi connectivity index (χ4n) is 3.32. The van der Waals surface area contributed by atoms with Gasteiger partial charge in [0.15, 0.2) is 0 Å². The summed E-state index contributed by atoms with van der Waals surface area (Å²) in [5, 5.41) is 13.6. The summed E-state index contributed by atoms with van der Waals surface area (Å²) >= 11 is 0. The predicted octanol–water partition coefficient (Wildman–Crippen LogP) is 3.71. The number of fused-ring (bicyclic) bond motifs is 1. The quantitative estimate of drug-likeness (QED) is 0.631. The number of anilines is 2. The topological polar surface area (TPSA) is 92.6 Å².